The summed E-state index contributed by atoms with van der Waals surface area (Å²) in [6.07, 6.45) is 4.47. The Balaban J connectivity index is 1.68. The maximum Gasteiger partial charge on any atom is 0.225 e. The lowest BCUT2D eigenvalue weighted by molar-refractivity contribution is -0.138. The molecule has 25 heavy (non-hydrogen) atoms. The van der Waals surface area contributed by atoms with Crippen LogP contribution in [0.5, 0.6) is 5.75 Å². The number of rotatable bonds is 1. The van der Waals surface area contributed by atoms with Crippen molar-refractivity contribution in [2.75, 3.05) is 19.7 Å². The van der Waals surface area contributed by atoms with E-state index in [9.17, 15) is 15.0 Å². The third-order valence-corrected chi connectivity index (χ3v) is 5.41. The number of para-hydroxylation sites is 1. The molecule has 2 N–H and O–H groups in total. The predicted molar refractivity (Wildman–Crippen MR) is 95.4 cm³/mol. The molecule has 1 aromatic rings. The first-order chi connectivity index (χ1) is 12.1. The number of hydrogen-bond acceptors (Lipinski definition) is 4. The number of fused-ring (bicyclic) bond motifs is 1. The monoisotopic (exact) mass is 347 g/mol. The Bertz CT molecular complexity index is 573. The molecule has 1 heterocycles. The number of carbonyl (C=O) groups excluding carboxylic acids is 1. The minimum atomic E-state index is -0.950. The highest BCUT2D eigenvalue weighted by Gasteiger charge is 2.30. The number of benzene rings is 1. The standard InChI is InChI=1S/C20H29NO4/c22-17-11-13-21(20(24)16-8-5-9-16)12-4-3-7-15-6-1-2-10-19(15)25-14-18(17)23/h1-2,6,10,16-18,22-23H,3-5,7-9,11-14H2/t17-,18+/m0/s1. The van der Waals surface area contributed by atoms with Gasteiger partial charge in [-0.25, -0.2) is 0 Å². The fourth-order valence-corrected chi connectivity index (χ4v) is 3.48. The van der Waals surface area contributed by atoms with Crippen molar-refractivity contribution in [3.05, 3.63) is 29.8 Å². The lowest BCUT2D eigenvalue weighted by Gasteiger charge is -2.32. The summed E-state index contributed by atoms with van der Waals surface area (Å²) in [5, 5.41) is 20.4. The number of carbonyl (C=O) groups is 1. The molecule has 0 aromatic heterocycles. The van der Waals surface area contributed by atoms with E-state index in [4.69, 9.17) is 4.74 Å². The number of amides is 1. The first kappa shape index (κ1) is 18.2. The highest BCUT2D eigenvalue weighted by Crippen LogP contribution is 2.29. The van der Waals surface area contributed by atoms with Crippen LogP contribution in [0.1, 0.15) is 44.1 Å². The molecular formula is C20H29NO4. The lowest BCUT2D eigenvalue weighted by Crippen LogP contribution is -2.42. The van der Waals surface area contributed by atoms with E-state index < -0.39 is 12.2 Å². The van der Waals surface area contributed by atoms with Gasteiger partial charge in [0.1, 0.15) is 18.5 Å². The molecule has 3 rings (SSSR count). The molecule has 1 fully saturated rings. The summed E-state index contributed by atoms with van der Waals surface area (Å²) >= 11 is 0. The first-order valence-corrected chi connectivity index (χ1v) is 9.51. The van der Waals surface area contributed by atoms with Crippen LogP contribution in [0.25, 0.3) is 0 Å². The van der Waals surface area contributed by atoms with Crippen LogP contribution < -0.4 is 4.74 Å². The molecule has 1 saturated carbocycles. The van der Waals surface area contributed by atoms with E-state index in [0.717, 1.165) is 56.4 Å². The molecule has 5 heteroatoms. The fraction of sp³-hybridized carbons (Fsp3) is 0.650. The molecule has 2 atom stereocenters. The number of ether oxygens (including phenoxy) is 1. The molecule has 0 bridgehead atoms. The Labute approximate surface area is 149 Å². The summed E-state index contributed by atoms with van der Waals surface area (Å²) < 4.78 is 5.73. The largest absolute Gasteiger partial charge is 0.491 e. The Morgan fingerprint density at radius 3 is 2.56 bits per heavy atom. The molecule has 1 aromatic carbocycles. The second-order valence-electron chi connectivity index (χ2n) is 7.25. The average molecular weight is 347 g/mol. The molecule has 1 aliphatic carbocycles. The third-order valence-electron chi connectivity index (χ3n) is 5.41. The SMILES string of the molecule is O=C(C1CCC1)N1CCCCc2ccccc2OC[C@@H](O)[C@@H](O)CC1. The Morgan fingerprint density at radius 1 is 1.00 bits per heavy atom. The van der Waals surface area contributed by atoms with Gasteiger partial charge >= 0.3 is 0 Å². The van der Waals surface area contributed by atoms with Crippen molar-refractivity contribution < 1.29 is 19.7 Å². The Kier molecular flexibility index (Phi) is 6.32. The molecule has 0 unspecified atom stereocenters. The van der Waals surface area contributed by atoms with Crippen molar-refractivity contribution >= 4 is 5.91 Å². The maximum atomic E-state index is 12.6. The summed E-state index contributed by atoms with van der Waals surface area (Å²) in [6.45, 7) is 1.29. The van der Waals surface area contributed by atoms with Crippen LogP contribution in [-0.2, 0) is 11.2 Å². The minimum Gasteiger partial charge on any atom is -0.491 e. The van der Waals surface area contributed by atoms with E-state index >= 15 is 0 Å². The molecule has 0 radical (unpaired) electrons. The minimum absolute atomic E-state index is 0.0642. The van der Waals surface area contributed by atoms with Crippen LogP contribution in [0.4, 0.5) is 0 Å². The van der Waals surface area contributed by atoms with Crippen molar-refractivity contribution in [1.29, 1.82) is 0 Å². The number of hydrogen-bond donors (Lipinski definition) is 2. The number of aryl methyl sites for hydroxylation is 1. The smallest absolute Gasteiger partial charge is 0.225 e. The van der Waals surface area contributed by atoms with E-state index in [1.54, 1.807) is 0 Å². The number of nitrogens with zero attached hydrogens (tertiary/aromatic N) is 1. The molecule has 5 nitrogen and oxygen atoms in total. The van der Waals surface area contributed by atoms with E-state index in [-0.39, 0.29) is 18.4 Å². The van der Waals surface area contributed by atoms with Gasteiger partial charge in [-0.05, 0) is 50.2 Å². The average Bonchev–Trinajstić information content (AvgIpc) is 2.58. The topological polar surface area (TPSA) is 70.0 Å². The highest BCUT2D eigenvalue weighted by atomic mass is 16.5. The maximum absolute atomic E-state index is 12.6. The van der Waals surface area contributed by atoms with Crippen molar-refractivity contribution in [2.45, 2.75) is 57.2 Å². The summed E-state index contributed by atoms with van der Waals surface area (Å²) in [5.74, 6) is 1.16. The summed E-state index contributed by atoms with van der Waals surface area (Å²) in [4.78, 5) is 14.5. The second kappa shape index (κ2) is 8.68. The molecular weight excluding hydrogens is 318 g/mol. The van der Waals surface area contributed by atoms with Crippen LogP contribution in [0.3, 0.4) is 0 Å². The van der Waals surface area contributed by atoms with E-state index in [2.05, 4.69) is 0 Å². The van der Waals surface area contributed by atoms with Crippen LogP contribution in [-0.4, -0.2) is 52.9 Å². The van der Waals surface area contributed by atoms with Crippen LogP contribution in [0.15, 0.2) is 24.3 Å². The van der Waals surface area contributed by atoms with Crippen LogP contribution in [0.2, 0.25) is 0 Å². The van der Waals surface area contributed by atoms with E-state index in [0.29, 0.717) is 13.0 Å². The van der Waals surface area contributed by atoms with Gasteiger partial charge in [0.15, 0.2) is 0 Å². The quantitative estimate of drug-likeness (QED) is 0.817. The van der Waals surface area contributed by atoms with E-state index in [1.807, 2.05) is 29.2 Å². The molecule has 0 saturated heterocycles. The molecule has 138 valence electrons. The zero-order valence-electron chi connectivity index (χ0n) is 14.8. The van der Waals surface area contributed by atoms with Gasteiger partial charge in [-0.1, -0.05) is 24.6 Å². The first-order valence-electron chi connectivity index (χ1n) is 9.51. The predicted octanol–water partition coefficient (Wildman–Crippen LogP) is 2.14. The second-order valence-corrected chi connectivity index (χ2v) is 7.25. The normalized spacial score (nSPS) is 26.2. The fourth-order valence-electron chi connectivity index (χ4n) is 3.48. The van der Waals surface area contributed by atoms with Gasteiger partial charge in [-0.15, -0.1) is 0 Å². The summed E-state index contributed by atoms with van der Waals surface area (Å²) in [6, 6.07) is 7.84. The Hall–Kier alpha value is -1.59. The summed E-state index contributed by atoms with van der Waals surface area (Å²) in [5.41, 5.74) is 1.11. The zero-order chi connectivity index (χ0) is 17.6. The lowest BCUT2D eigenvalue weighted by atomic mass is 9.84. The van der Waals surface area contributed by atoms with Crippen LogP contribution in [0, 0.1) is 5.92 Å². The van der Waals surface area contributed by atoms with Gasteiger partial charge in [0.2, 0.25) is 5.91 Å². The number of aliphatic hydroxyl groups is 2. The molecule has 1 amide bonds. The van der Waals surface area contributed by atoms with Crippen molar-refractivity contribution in [3.8, 4) is 5.75 Å². The number of aliphatic hydroxyl groups excluding tert-OH is 2. The van der Waals surface area contributed by atoms with Crippen LogP contribution >= 0.6 is 0 Å². The third kappa shape index (κ3) is 4.73. The van der Waals surface area contributed by atoms with Gasteiger partial charge in [0.05, 0.1) is 6.10 Å². The van der Waals surface area contributed by atoms with Gasteiger partial charge in [0.25, 0.3) is 0 Å². The van der Waals surface area contributed by atoms with Gasteiger partial charge in [-0.2, -0.15) is 0 Å². The van der Waals surface area contributed by atoms with Crippen molar-refractivity contribution in [1.82, 2.24) is 4.90 Å². The van der Waals surface area contributed by atoms with Crippen molar-refractivity contribution in [3.63, 3.8) is 0 Å². The van der Waals surface area contributed by atoms with Gasteiger partial charge in [0, 0.05) is 19.0 Å². The van der Waals surface area contributed by atoms with Gasteiger partial charge < -0.3 is 19.8 Å². The zero-order valence-corrected chi connectivity index (χ0v) is 14.8. The van der Waals surface area contributed by atoms with E-state index in [1.165, 1.54) is 0 Å². The highest BCUT2D eigenvalue weighted by molar-refractivity contribution is 5.79. The Morgan fingerprint density at radius 2 is 1.80 bits per heavy atom. The molecule has 1 aliphatic heterocycles. The summed E-state index contributed by atoms with van der Waals surface area (Å²) in [7, 11) is 0. The molecule has 2 aliphatic rings. The molecule has 0 spiro atoms. The van der Waals surface area contributed by atoms with Gasteiger partial charge in [-0.3, -0.25) is 4.79 Å². The van der Waals surface area contributed by atoms with Crippen molar-refractivity contribution in [2.24, 2.45) is 5.92 Å².